The van der Waals surface area contributed by atoms with Crippen molar-refractivity contribution >= 4 is 25.7 Å². The number of hydrogen-bond acceptors (Lipinski definition) is 4. The highest BCUT2D eigenvalue weighted by atomic mass is 35.7. The van der Waals surface area contributed by atoms with E-state index in [1.165, 1.54) is 12.1 Å². The Morgan fingerprint density at radius 1 is 1.29 bits per heavy atom. The largest absolute Gasteiger partial charge is 0.427 e. The number of aryl methyl sites for hydroxylation is 2. The highest BCUT2D eigenvalue weighted by Gasteiger charge is 2.18. The van der Waals surface area contributed by atoms with Gasteiger partial charge in [0.05, 0.1) is 4.90 Å². The van der Waals surface area contributed by atoms with Crippen LogP contribution in [0.3, 0.4) is 0 Å². The number of benzene rings is 1. The van der Waals surface area contributed by atoms with Gasteiger partial charge in [-0.2, -0.15) is 0 Å². The molecule has 0 unspecified atom stereocenters. The molecule has 0 amide bonds. The normalized spacial score (nSPS) is 11.3. The lowest BCUT2D eigenvalue weighted by Crippen LogP contribution is -2.07. The fourth-order valence-corrected chi connectivity index (χ4v) is 3.17. The Labute approximate surface area is 105 Å². The number of ether oxygens (including phenoxy) is 1. The summed E-state index contributed by atoms with van der Waals surface area (Å²) >= 11 is 0. The second-order valence-corrected chi connectivity index (χ2v) is 6.15. The van der Waals surface area contributed by atoms with Gasteiger partial charge in [0, 0.05) is 17.1 Å². The van der Waals surface area contributed by atoms with Crippen molar-refractivity contribution < 1.29 is 17.9 Å². The summed E-state index contributed by atoms with van der Waals surface area (Å²) < 4.78 is 27.7. The minimum atomic E-state index is -3.78. The fourth-order valence-electron chi connectivity index (χ4n) is 1.56. The fraction of sp³-hybridized carbons (Fsp3) is 0.364. The van der Waals surface area contributed by atoms with Gasteiger partial charge in [-0.1, -0.05) is 6.92 Å². The molecule has 0 aromatic heterocycles. The molecule has 0 radical (unpaired) electrons. The molecule has 0 aliphatic rings. The van der Waals surface area contributed by atoms with E-state index in [-0.39, 0.29) is 17.3 Å². The average molecular weight is 277 g/mol. The van der Waals surface area contributed by atoms with Crippen LogP contribution in [-0.4, -0.2) is 14.4 Å². The molecule has 0 aliphatic heterocycles. The Morgan fingerprint density at radius 2 is 1.76 bits per heavy atom. The van der Waals surface area contributed by atoms with Crippen LogP contribution in [0.1, 0.15) is 24.5 Å². The number of halogens is 1. The monoisotopic (exact) mass is 276 g/mol. The average Bonchev–Trinajstić information content (AvgIpc) is 2.13. The highest BCUT2D eigenvalue weighted by Crippen LogP contribution is 2.28. The molecule has 1 aromatic carbocycles. The third kappa shape index (κ3) is 3.44. The summed E-state index contributed by atoms with van der Waals surface area (Å²) in [4.78, 5) is 11.2. The van der Waals surface area contributed by atoms with Crippen LogP contribution in [-0.2, 0) is 13.8 Å². The van der Waals surface area contributed by atoms with Crippen molar-refractivity contribution in [2.75, 3.05) is 0 Å². The van der Waals surface area contributed by atoms with Crippen LogP contribution in [0.5, 0.6) is 5.75 Å². The van der Waals surface area contributed by atoms with E-state index in [1.807, 2.05) is 0 Å². The quantitative estimate of drug-likeness (QED) is 0.484. The van der Waals surface area contributed by atoms with Crippen molar-refractivity contribution in [1.82, 2.24) is 0 Å². The van der Waals surface area contributed by atoms with Gasteiger partial charge in [-0.15, -0.1) is 0 Å². The Bertz CT molecular complexity index is 526. The zero-order valence-electron chi connectivity index (χ0n) is 9.78. The Hall–Kier alpha value is -1.07. The standard InChI is InChI=1S/C11H13ClO4S/c1-4-10(13)16-9-5-7(2)11(8(3)6-9)17(12,14)15/h5-6H,4H2,1-3H3. The summed E-state index contributed by atoms with van der Waals surface area (Å²) in [5.74, 6) is -0.0406. The van der Waals surface area contributed by atoms with Gasteiger partial charge in [0.15, 0.2) is 0 Å². The van der Waals surface area contributed by atoms with E-state index < -0.39 is 9.05 Å². The van der Waals surface area contributed by atoms with Crippen LogP contribution in [0.2, 0.25) is 0 Å². The van der Waals surface area contributed by atoms with E-state index in [0.717, 1.165) is 0 Å². The van der Waals surface area contributed by atoms with Crippen molar-refractivity contribution in [2.24, 2.45) is 0 Å². The van der Waals surface area contributed by atoms with Gasteiger partial charge in [0.1, 0.15) is 5.75 Å². The van der Waals surface area contributed by atoms with E-state index in [0.29, 0.717) is 16.9 Å². The third-order valence-corrected chi connectivity index (χ3v) is 3.79. The molecule has 1 rings (SSSR count). The SMILES string of the molecule is CCC(=O)Oc1cc(C)c(S(=O)(=O)Cl)c(C)c1. The summed E-state index contributed by atoms with van der Waals surface area (Å²) in [6.45, 7) is 4.89. The maximum absolute atomic E-state index is 11.3. The molecule has 94 valence electrons. The number of esters is 1. The number of carbonyl (C=O) groups excluding carboxylic acids is 1. The van der Waals surface area contributed by atoms with Crippen LogP contribution in [0, 0.1) is 13.8 Å². The first-order valence-electron chi connectivity index (χ1n) is 5.02. The summed E-state index contributed by atoms with van der Waals surface area (Å²) in [5.41, 5.74) is 0.915. The zero-order valence-corrected chi connectivity index (χ0v) is 11.4. The Balaban J connectivity index is 3.24. The topological polar surface area (TPSA) is 60.4 Å². The summed E-state index contributed by atoms with van der Waals surface area (Å²) in [7, 11) is 1.54. The van der Waals surface area contributed by atoms with Crippen LogP contribution >= 0.6 is 10.7 Å². The van der Waals surface area contributed by atoms with Crippen LogP contribution in [0.15, 0.2) is 17.0 Å². The molecule has 0 saturated carbocycles. The van der Waals surface area contributed by atoms with E-state index in [2.05, 4.69) is 0 Å². The molecule has 0 spiro atoms. The van der Waals surface area contributed by atoms with Gasteiger partial charge in [-0.05, 0) is 37.1 Å². The Morgan fingerprint density at radius 3 is 2.12 bits per heavy atom. The molecule has 4 nitrogen and oxygen atoms in total. The molecular formula is C11H13ClO4S. The maximum atomic E-state index is 11.3. The van der Waals surface area contributed by atoms with Crippen molar-refractivity contribution in [3.05, 3.63) is 23.3 Å². The lowest BCUT2D eigenvalue weighted by atomic mass is 10.1. The van der Waals surface area contributed by atoms with Crippen molar-refractivity contribution in [1.29, 1.82) is 0 Å². The predicted octanol–water partition coefficient (Wildman–Crippen LogP) is 2.55. The number of carbonyl (C=O) groups is 1. The van der Waals surface area contributed by atoms with Crippen molar-refractivity contribution in [3.63, 3.8) is 0 Å². The smallest absolute Gasteiger partial charge is 0.310 e. The first-order chi connectivity index (χ1) is 7.75. The molecule has 0 heterocycles. The first-order valence-corrected chi connectivity index (χ1v) is 7.33. The molecule has 17 heavy (non-hydrogen) atoms. The summed E-state index contributed by atoms with van der Waals surface area (Å²) in [5, 5.41) is 0. The van der Waals surface area contributed by atoms with Gasteiger partial charge in [0.2, 0.25) is 0 Å². The molecule has 0 atom stereocenters. The van der Waals surface area contributed by atoms with E-state index in [4.69, 9.17) is 15.4 Å². The Kier molecular flexibility index (Phi) is 4.16. The van der Waals surface area contributed by atoms with Gasteiger partial charge < -0.3 is 4.74 Å². The minimum absolute atomic E-state index is 0.0652. The first kappa shape index (κ1) is 14.0. The van der Waals surface area contributed by atoms with Crippen molar-refractivity contribution in [3.8, 4) is 5.75 Å². The molecule has 0 bridgehead atoms. The lowest BCUT2D eigenvalue weighted by Gasteiger charge is -2.09. The summed E-state index contributed by atoms with van der Waals surface area (Å²) in [6.07, 6.45) is 0.258. The number of hydrogen-bond donors (Lipinski definition) is 0. The van der Waals surface area contributed by atoms with Gasteiger partial charge in [-0.3, -0.25) is 4.79 Å². The second-order valence-electron chi connectivity index (χ2n) is 3.65. The molecule has 0 saturated heterocycles. The highest BCUT2D eigenvalue weighted by molar-refractivity contribution is 8.13. The zero-order chi connectivity index (χ0) is 13.2. The van der Waals surface area contributed by atoms with Gasteiger partial charge in [0.25, 0.3) is 9.05 Å². The molecule has 0 fully saturated rings. The van der Waals surface area contributed by atoms with E-state index >= 15 is 0 Å². The number of rotatable bonds is 3. The molecule has 0 aliphatic carbocycles. The van der Waals surface area contributed by atoms with E-state index in [9.17, 15) is 13.2 Å². The van der Waals surface area contributed by atoms with Gasteiger partial charge >= 0.3 is 5.97 Å². The minimum Gasteiger partial charge on any atom is -0.427 e. The third-order valence-electron chi connectivity index (χ3n) is 2.20. The predicted molar refractivity (Wildman–Crippen MR) is 64.9 cm³/mol. The second kappa shape index (κ2) is 5.06. The molecule has 1 aromatic rings. The van der Waals surface area contributed by atoms with Gasteiger partial charge in [-0.25, -0.2) is 8.42 Å². The van der Waals surface area contributed by atoms with Crippen LogP contribution < -0.4 is 4.74 Å². The lowest BCUT2D eigenvalue weighted by molar-refractivity contribution is -0.134. The van der Waals surface area contributed by atoms with Crippen LogP contribution in [0.4, 0.5) is 0 Å². The van der Waals surface area contributed by atoms with Crippen molar-refractivity contribution in [2.45, 2.75) is 32.1 Å². The maximum Gasteiger partial charge on any atom is 0.310 e. The molecule has 0 N–H and O–H groups in total. The van der Waals surface area contributed by atoms with Crippen LogP contribution in [0.25, 0.3) is 0 Å². The van der Waals surface area contributed by atoms with E-state index in [1.54, 1.807) is 20.8 Å². The summed E-state index contributed by atoms with van der Waals surface area (Å²) in [6, 6.07) is 2.96. The molecule has 6 heteroatoms. The molecular weight excluding hydrogens is 264 g/mol.